The first kappa shape index (κ1) is 17.3. The van der Waals surface area contributed by atoms with Gasteiger partial charge in [0.05, 0.1) is 23.5 Å². The monoisotopic (exact) mass is 375 g/mol. The average molecular weight is 376 g/mol. The van der Waals surface area contributed by atoms with Gasteiger partial charge in [-0.2, -0.15) is 14.9 Å². The number of aliphatic hydroxyl groups excluding tert-OH is 1. The van der Waals surface area contributed by atoms with Crippen LogP contribution in [0.15, 0.2) is 35.6 Å². The summed E-state index contributed by atoms with van der Waals surface area (Å²) in [6, 6.07) is 7.18. The Morgan fingerprint density at radius 3 is 2.88 bits per heavy atom. The zero-order valence-corrected chi connectivity index (χ0v) is 14.7. The van der Waals surface area contributed by atoms with Crippen molar-refractivity contribution in [1.29, 1.82) is 0 Å². The van der Waals surface area contributed by atoms with Crippen molar-refractivity contribution in [2.45, 2.75) is 13.5 Å². The normalized spacial score (nSPS) is 11.3. The molecule has 0 spiro atoms. The van der Waals surface area contributed by atoms with E-state index in [1.54, 1.807) is 19.1 Å². The molecule has 128 valence electrons. The quantitative estimate of drug-likeness (QED) is 0.480. The van der Waals surface area contributed by atoms with E-state index in [9.17, 15) is 10.2 Å². The molecule has 0 atom stereocenters. The molecule has 7 nitrogen and oxygen atoms in total. The Labute approximate surface area is 153 Å². The molecule has 3 rings (SSSR count). The summed E-state index contributed by atoms with van der Waals surface area (Å²) in [6.07, 6.45) is 2.89. The second-order valence-electron chi connectivity index (χ2n) is 5.18. The number of pyridine rings is 1. The van der Waals surface area contributed by atoms with E-state index in [4.69, 9.17) is 23.8 Å². The molecule has 0 radical (unpaired) electrons. The van der Waals surface area contributed by atoms with E-state index < -0.39 is 0 Å². The van der Waals surface area contributed by atoms with Crippen LogP contribution in [0.1, 0.15) is 16.8 Å². The van der Waals surface area contributed by atoms with Crippen molar-refractivity contribution >= 4 is 30.0 Å². The molecular weight excluding hydrogens is 362 g/mol. The molecule has 0 saturated heterocycles. The minimum atomic E-state index is -0.281. The highest BCUT2D eigenvalue weighted by Gasteiger charge is 2.13. The SMILES string of the molecule is Cc1ncc(CO)c(C=Nn2c(-c3ccccc3Cl)n[nH]c2=S)c1O. The van der Waals surface area contributed by atoms with Gasteiger partial charge in [-0.05, 0) is 31.3 Å². The van der Waals surface area contributed by atoms with Crippen LogP contribution in [0.4, 0.5) is 0 Å². The highest BCUT2D eigenvalue weighted by atomic mass is 35.5. The summed E-state index contributed by atoms with van der Waals surface area (Å²) in [5, 5.41) is 31.3. The second kappa shape index (κ2) is 7.14. The lowest BCUT2D eigenvalue weighted by Gasteiger charge is -2.07. The zero-order chi connectivity index (χ0) is 18.0. The van der Waals surface area contributed by atoms with E-state index in [1.165, 1.54) is 17.1 Å². The Morgan fingerprint density at radius 1 is 1.40 bits per heavy atom. The number of benzene rings is 1. The minimum absolute atomic E-state index is 0.0513. The number of rotatable bonds is 4. The lowest BCUT2D eigenvalue weighted by Crippen LogP contribution is -2.00. The molecule has 0 unspecified atom stereocenters. The van der Waals surface area contributed by atoms with Crippen molar-refractivity contribution in [2.24, 2.45) is 5.10 Å². The number of hydrogen-bond acceptors (Lipinski definition) is 6. The molecule has 0 aliphatic carbocycles. The number of nitrogens with zero attached hydrogens (tertiary/aromatic N) is 4. The maximum absolute atomic E-state index is 10.2. The van der Waals surface area contributed by atoms with Crippen LogP contribution < -0.4 is 0 Å². The Bertz CT molecular complexity index is 1010. The highest BCUT2D eigenvalue weighted by Crippen LogP contribution is 2.26. The van der Waals surface area contributed by atoms with E-state index >= 15 is 0 Å². The summed E-state index contributed by atoms with van der Waals surface area (Å²) in [5.74, 6) is 0.382. The summed E-state index contributed by atoms with van der Waals surface area (Å²) in [4.78, 5) is 4.01. The van der Waals surface area contributed by atoms with Crippen LogP contribution >= 0.6 is 23.8 Å². The largest absolute Gasteiger partial charge is 0.505 e. The fraction of sp³-hybridized carbons (Fsp3) is 0.125. The van der Waals surface area contributed by atoms with E-state index in [2.05, 4.69) is 20.3 Å². The molecule has 0 amide bonds. The Balaban J connectivity index is 2.11. The van der Waals surface area contributed by atoms with Crippen molar-refractivity contribution in [3.8, 4) is 17.1 Å². The standard InChI is InChI=1S/C16H14ClN5O2S/c1-9-14(24)12(10(8-23)6-18-9)7-19-22-15(20-21-16(22)25)11-4-2-3-5-13(11)17/h2-7,23-24H,8H2,1H3,(H,21,25). The summed E-state index contributed by atoms with van der Waals surface area (Å²) in [6.45, 7) is 1.38. The molecule has 0 fully saturated rings. The number of aromatic amines is 1. The molecule has 3 aromatic rings. The molecule has 0 saturated carbocycles. The summed E-state index contributed by atoms with van der Waals surface area (Å²) in [5.41, 5.74) is 1.90. The van der Waals surface area contributed by atoms with Gasteiger partial charge in [-0.3, -0.25) is 4.98 Å². The van der Waals surface area contributed by atoms with Gasteiger partial charge in [0.2, 0.25) is 4.77 Å². The van der Waals surface area contributed by atoms with Gasteiger partial charge in [0.25, 0.3) is 0 Å². The van der Waals surface area contributed by atoms with Gasteiger partial charge >= 0.3 is 0 Å². The molecule has 0 aliphatic rings. The van der Waals surface area contributed by atoms with E-state index in [1.807, 2.05) is 12.1 Å². The smallest absolute Gasteiger partial charge is 0.216 e. The summed E-state index contributed by atoms with van der Waals surface area (Å²) in [7, 11) is 0. The first-order valence-corrected chi connectivity index (χ1v) is 8.06. The first-order chi connectivity index (χ1) is 12.0. The van der Waals surface area contributed by atoms with Crippen LogP contribution in [0.3, 0.4) is 0 Å². The third-order valence-corrected chi connectivity index (χ3v) is 4.19. The van der Waals surface area contributed by atoms with Crippen LogP contribution in [-0.2, 0) is 6.61 Å². The van der Waals surface area contributed by atoms with Crippen LogP contribution in [-0.4, -0.2) is 36.3 Å². The summed E-state index contributed by atoms with van der Waals surface area (Å²) >= 11 is 11.4. The lowest BCUT2D eigenvalue weighted by atomic mass is 10.1. The molecule has 1 aromatic carbocycles. The highest BCUT2D eigenvalue weighted by molar-refractivity contribution is 7.71. The molecule has 0 aliphatic heterocycles. The number of hydrogen-bond donors (Lipinski definition) is 3. The van der Waals surface area contributed by atoms with E-state index in [0.29, 0.717) is 33.2 Å². The number of aryl methyl sites for hydroxylation is 1. The third kappa shape index (κ3) is 3.32. The lowest BCUT2D eigenvalue weighted by molar-refractivity contribution is 0.280. The maximum atomic E-state index is 10.2. The van der Waals surface area contributed by atoms with Gasteiger partial charge < -0.3 is 10.2 Å². The zero-order valence-electron chi connectivity index (χ0n) is 13.1. The third-order valence-electron chi connectivity index (χ3n) is 3.60. The Hall–Kier alpha value is -2.55. The maximum Gasteiger partial charge on any atom is 0.216 e. The number of nitrogens with one attached hydrogen (secondary N) is 1. The van der Waals surface area contributed by atoms with Crippen molar-refractivity contribution in [3.05, 3.63) is 57.1 Å². The Kier molecular flexibility index (Phi) is 4.93. The van der Waals surface area contributed by atoms with Crippen LogP contribution in [0.25, 0.3) is 11.4 Å². The second-order valence-corrected chi connectivity index (χ2v) is 5.97. The van der Waals surface area contributed by atoms with Gasteiger partial charge in [-0.15, -0.1) is 0 Å². The van der Waals surface area contributed by atoms with Crippen LogP contribution in [0.5, 0.6) is 5.75 Å². The molecule has 2 aromatic heterocycles. The van der Waals surface area contributed by atoms with Crippen LogP contribution in [0, 0.1) is 11.7 Å². The number of aliphatic hydroxyl groups is 1. The molecule has 0 bridgehead atoms. The number of aromatic nitrogens is 4. The molecule has 9 heteroatoms. The predicted octanol–water partition coefficient (Wildman–Crippen LogP) is 3.04. The van der Waals surface area contributed by atoms with E-state index in [-0.39, 0.29) is 17.1 Å². The van der Waals surface area contributed by atoms with Crippen molar-refractivity contribution in [1.82, 2.24) is 19.9 Å². The number of aromatic hydroxyl groups is 1. The molecular formula is C16H14ClN5O2S. The molecule has 2 heterocycles. The van der Waals surface area contributed by atoms with Gasteiger partial charge in [-0.25, -0.2) is 5.10 Å². The van der Waals surface area contributed by atoms with Crippen LogP contribution in [0.2, 0.25) is 5.02 Å². The van der Waals surface area contributed by atoms with Gasteiger partial charge in [0.15, 0.2) is 5.82 Å². The summed E-state index contributed by atoms with van der Waals surface area (Å²) < 4.78 is 1.66. The number of H-pyrrole nitrogens is 1. The average Bonchev–Trinajstić information content (AvgIpc) is 2.97. The fourth-order valence-electron chi connectivity index (χ4n) is 2.25. The molecule has 3 N–H and O–H groups in total. The van der Waals surface area contributed by atoms with Crippen molar-refractivity contribution in [2.75, 3.05) is 0 Å². The van der Waals surface area contributed by atoms with Crippen molar-refractivity contribution < 1.29 is 10.2 Å². The van der Waals surface area contributed by atoms with E-state index in [0.717, 1.165) is 0 Å². The van der Waals surface area contributed by atoms with Gasteiger partial charge in [-0.1, -0.05) is 23.7 Å². The fourth-order valence-corrected chi connectivity index (χ4v) is 2.65. The number of halogens is 1. The predicted molar refractivity (Wildman–Crippen MR) is 97.4 cm³/mol. The van der Waals surface area contributed by atoms with Gasteiger partial charge in [0, 0.05) is 22.9 Å². The van der Waals surface area contributed by atoms with Crippen molar-refractivity contribution in [3.63, 3.8) is 0 Å². The molecule has 25 heavy (non-hydrogen) atoms. The first-order valence-electron chi connectivity index (χ1n) is 7.28. The topological polar surface area (TPSA) is 99.3 Å². The Morgan fingerprint density at radius 2 is 2.16 bits per heavy atom. The minimum Gasteiger partial charge on any atom is -0.505 e. The van der Waals surface area contributed by atoms with Gasteiger partial charge in [0.1, 0.15) is 5.75 Å².